The number of ether oxygens (including phenoxy) is 9. The number of aliphatic hydroxyl groups is 10. The Morgan fingerprint density at radius 2 is 1.04 bits per heavy atom. The molecule has 4 aliphatic rings. The second kappa shape index (κ2) is 19.6. The monoisotopic (exact) mass is 800 g/mol. The fourth-order valence-corrected chi connectivity index (χ4v) is 7.03. The average molecular weight is 801 g/mol. The standard InChI is InChI=1S/C37H52O19/c1-17-23(41)26(44)32(49-15-19-10-6-3-7-11-19)36(51-17)55-30-28(46)34(47)52-22(13-39)29(30)54-37-33(27(45)25(43)21(12-38)53-37)56-35-31(24(42)20(40)16-50-35)48-14-18-8-4-2-5-9-18/h2-11,17,20-47H,12-16H2,1H3/t17?,20-,21?,22?,23-,24?,25+,26?,27?,28?,29-,30?,31?,32?,33?,34-,35+,36+,37+/m1/s1. The number of benzene rings is 2. The summed E-state index contributed by atoms with van der Waals surface area (Å²) in [5.41, 5.74) is 1.43. The van der Waals surface area contributed by atoms with E-state index in [-0.39, 0.29) is 13.2 Å². The van der Waals surface area contributed by atoms with Crippen LogP contribution in [0.4, 0.5) is 0 Å². The van der Waals surface area contributed by atoms with Gasteiger partial charge in [-0.15, -0.1) is 0 Å². The molecule has 0 aromatic heterocycles. The van der Waals surface area contributed by atoms with Gasteiger partial charge in [0.05, 0.1) is 39.1 Å². The van der Waals surface area contributed by atoms with E-state index in [9.17, 15) is 51.1 Å². The Morgan fingerprint density at radius 1 is 0.518 bits per heavy atom. The maximum Gasteiger partial charge on any atom is 0.187 e. The van der Waals surface area contributed by atoms with Crippen LogP contribution >= 0.6 is 0 Å². The highest BCUT2D eigenvalue weighted by Crippen LogP contribution is 2.35. The summed E-state index contributed by atoms with van der Waals surface area (Å²) >= 11 is 0. The second-order valence-electron chi connectivity index (χ2n) is 14.2. The first-order chi connectivity index (χ1) is 26.9. The molecule has 6 rings (SSSR count). The van der Waals surface area contributed by atoms with Crippen molar-refractivity contribution in [1.29, 1.82) is 0 Å². The van der Waals surface area contributed by atoms with Crippen LogP contribution < -0.4 is 0 Å². The summed E-state index contributed by atoms with van der Waals surface area (Å²) in [5.74, 6) is 0. The van der Waals surface area contributed by atoms with Crippen molar-refractivity contribution in [2.24, 2.45) is 0 Å². The summed E-state index contributed by atoms with van der Waals surface area (Å²) in [4.78, 5) is 0. The van der Waals surface area contributed by atoms with E-state index in [1.165, 1.54) is 6.92 Å². The van der Waals surface area contributed by atoms with Gasteiger partial charge in [-0.25, -0.2) is 0 Å². The molecular weight excluding hydrogens is 748 g/mol. The molecule has 4 heterocycles. The van der Waals surface area contributed by atoms with Crippen molar-refractivity contribution >= 4 is 0 Å². The maximum absolute atomic E-state index is 11.4. The van der Waals surface area contributed by atoms with Gasteiger partial charge in [0.1, 0.15) is 85.5 Å². The number of aliphatic hydroxyl groups excluding tert-OH is 10. The first-order valence-electron chi connectivity index (χ1n) is 18.4. The van der Waals surface area contributed by atoms with Gasteiger partial charge in [0.25, 0.3) is 0 Å². The summed E-state index contributed by atoms with van der Waals surface area (Å²) in [6.45, 7) is -0.671. The second-order valence-corrected chi connectivity index (χ2v) is 14.2. The molecule has 0 amide bonds. The largest absolute Gasteiger partial charge is 0.394 e. The van der Waals surface area contributed by atoms with Gasteiger partial charge in [0.2, 0.25) is 0 Å². The van der Waals surface area contributed by atoms with Crippen molar-refractivity contribution < 1.29 is 93.7 Å². The molecule has 2 aromatic carbocycles. The lowest BCUT2D eigenvalue weighted by atomic mass is 9.95. The molecule has 0 aliphatic carbocycles. The molecule has 0 saturated carbocycles. The fourth-order valence-electron chi connectivity index (χ4n) is 7.03. The lowest BCUT2D eigenvalue weighted by molar-refractivity contribution is -0.397. The molecule has 4 saturated heterocycles. The molecule has 4 fully saturated rings. The molecule has 19 heteroatoms. The molecule has 0 radical (unpaired) electrons. The Morgan fingerprint density at radius 3 is 1.62 bits per heavy atom. The van der Waals surface area contributed by atoms with E-state index >= 15 is 0 Å². The Labute approximate surface area is 322 Å². The van der Waals surface area contributed by atoms with Gasteiger partial charge in [-0.05, 0) is 18.1 Å². The molecule has 314 valence electrons. The minimum atomic E-state index is -1.94. The lowest BCUT2D eigenvalue weighted by Gasteiger charge is -2.49. The summed E-state index contributed by atoms with van der Waals surface area (Å²) in [7, 11) is 0. The summed E-state index contributed by atoms with van der Waals surface area (Å²) < 4.78 is 53.3. The third-order valence-corrected chi connectivity index (χ3v) is 10.3. The first-order valence-corrected chi connectivity index (χ1v) is 18.4. The molecule has 19 atom stereocenters. The average Bonchev–Trinajstić information content (AvgIpc) is 3.20. The van der Waals surface area contributed by atoms with Crippen LogP contribution in [-0.2, 0) is 55.8 Å². The van der Waals surface area contributed by atoms with Gasteiger partial charge in [0, 0.05) is 0 Å². The van der Waals surface area contributed by atoms with Gasteiger partial charge in [0.15, 0.2) is 25.2 Å². The van der Waals surface area contributed by atoms with E-state index in [0.29, 0.717) is 11.1 Å². The summed E-state index contributed by atoms with van der Waals surface area (Å²) in [5, 5.41) is 108. The maximum atomic E-state index is 11.4. The third kappa shape index (κ3) is 9.75. The van der Waals surface area contributed by atoms with Crippen molar-refractivity contribution in [1.82, 2.24) is 0 Å². The van der Waals surface area contributed by atoms with Crippen LogP contribution in [-0.4, -0.2) is 188 Å². The number of hydrogen-bond donors (Lipinski definition) is 10. The van der Waals surface area contributed by atoms with Crippen LogP contribution in [0.3, 0.4) is 0 Å². The smallest absolute Gasteiger partial charge is 0.187 e. The van der Waals surface area contributed by atoms with Crippen molar-refractivity contribution in [3.05, 3.63) is 71.8 Å². The van der Waals surface area contributed by atoms with E-state index in [1.54, 1.807) is 60.7 Å². The van der Waals surface area contributed by atoms with Crippen LogP contribution in [0, 0.1) is 0 Å². The zero-order chi connectivity index (χ0) is 40.1. The molecule has 11 unspecified atom stereocenters. The third-order valence-electron chi connectivity index (χ3n) is 10.3. The van der Waals surface area contributed by atoms with Crippen molar-refractivity contribution in [3.63, 3.8) is 0 Å². The van der Waals surface area contributed by atoms with E-state index in [0.717, 1.165) is 0 Å². The predicted molar refractivity (Wildman–Crippen MR) is 184 cm³/mol. The van der Waals surface area contributed by atoms with Gasteiger partial charge in [-0.1, -0.05) is 60.7 Å². The highest BCUT2D eigenvalue weighted by molar-refractivity contribution is 5.14. The number of rotatable bonds is 14. The normalized spacial score (nSPS) is 43.4. The van der Waals surface area contributed by atoms with Crippen LogP contribution in [0.15, 0.2) is 60.7 Å². The topological polar surface area (TPSA) is 285 Å². The zero-order valence-corrected chi connectivity index (χ0v) is 30.4. The van der Waals surface area contributed by atoms with Crippen LogP contribution in [0.5, 0.6) is 0 Å². The van der Waals surface area contributed by atoms with Crippen LogP contribution in [0.1, 0.15) is 18.1 Å². The molecule has 10 N–H and O–H groups in total. The summed E-state index contributed by atoms with van der Waals surface area (Å²) in [6, 6.07) is 17.8. The van der Waals surface area contributed by atoms with E-state index in [1.807, 2.05) is 0 Å². The van der Waals surface area contributed by atoms with E-state index in [2.05, 4.69) is 0 Å². The molecule has 2 aromatic rings. The Balaban J connectivity index is 1.26. The van der Waals surface area contributed by atoms with Gasteiger partial charge in [-0.2, -0.15) is 0 Å². The van der Waals surface area contributed by atoms with Gasteiger partial charge < -0.3 is 93.7 Å². The Bertz CT molecular complexity index is 1460. The first kappa shape index (κ1) is 43.3. The summed E-state index contributed by atoms with van der Waals surface area (Å²) in [6.07, 6.45) is -29.8. The van der Waals surface area contributed by atoms with E-state index < -0.39 is 137 Å². The molecule has 19 nitrogen and oxygen atoms in total. The van der Waals surface area contributed by atoms with Crippen LogP contribution in [0.2, 0.25) is 0 Å². The minimum absolute atomic E-state index is 0.0438. The quantitative estimate of drug-likeness (QED) is 0.0882. The van der Waals surface area contributed by atoms with E-state index in [4.69, 9.17) is 42.6 Å². The Hall–Kier alpha value is -2.32. The van der Waals surface area contributed by atoms with Gasteiger partial charge >= 0.3 is 0 Å². The number of hydrogen-bond acceptors (Lipinski definition) is 19. The van der Waals surface area contributed by atoms with Crippen molar-refractivity contribution in [2.45, 2.75) is 137 Å². The SMILES string of the molecule is CC1O[C@@H](OC2C(O)[C@H](O)OC(CO)[C@H]2O[C@@H]2OC(CO)[C@H](O)C(O)C2O[C@@H]2OC[C@@H](O)C(O)C2OCc2ccccc2)C(OCc2ccccc2)C(O)[C@@H]1O. The molecule has 0 bridgehead atoms. The molecule has 4 aliphatic heterocycles. The minimum Gasteiger partial charge on any atom is -0.394 e. The fraction of sp³-hybridized carbons (Fsp3) is 0.676. The molecule has 56 heavy (non-hydrogen) atoms. The highest BCUT2D eigenvalue weighted by Gasteiger charge is 2.55. The van der Waals surface area contributed by atoms with Crippen molar-refractivity contribution in [3.8, 4) is 0 Å². The zero-order valence-electron chi connectivity index (χ0n) is 30.4. The Kier molecular flexibility index (Phi) is 15.2. The van der Waals surface area contributed by atoms with Gasteiger partial charge in [-0.3, -0.25) is 0 Å². The lowest BCUT2D eigenvalue weighted by Crippen LogP contribution is -2.67. The van der Waals surface area contributed by atoms with Crippen LogP contribution in [0.25, 0.3) is 0 Å². The highest BCUT2D eigenvalue weighted by atomic mass is 16.8. The predicted octanol–water partition coefficient (Wildman–Crippen LogP) is -3.63. The molecular formula is C37H52O19. The molecule has 0 spiro atoms. The van der Waals surface area contributed by atoms with Crippen molar-refractivity contribution in [2.75, 3.05) is 19.8 Å².